The Hall–Kier alpha value is -3.57. The van der Waals surface area contributed by atoms with Crippen LogP contribution in [0.1, 0.15) is 11.1 Å². The standard InChI is InChI=1S/C19H14F6N2O4/c20-12-4-5-13(18(22)17(12)21)27-14(28)8-26-15(29)9-31-16(30)7-10-2-1-3-11(6-10)19(23,24)25/h1-6H,7-9H2,(H,26,29)(H,27,28). The number of hydrogen-bond acceptors (Lipinski definition) is 4. The zero-order valence-electron chi connectivity index (χ0n) is 15.5. The van der Waals surface area contributed by atoms with Gasteiger partial charge in [0.1, 0.15) is 0 Å². The molecule has 2 rings (SSSR count). The molecule has 0 radical (unpaired) electrons. The largest absolute Gasteiger partial charge is 0.455 e. The van der Waals surface area contributed by atoms with Crippen LogP contribution in [0.25, 0.3) is 0 Å². The number of carbonyl (C=O) groups excluding carboxylic acids is 3. The van der Waals surface area contributed by atoms with Crippen LogP contribution in [0.3, 0.4) is 0 Å². The first-order valence-electron chi connectivity index (χ1n) is 8.49. The Labute approximate surface area is 171 Å². The van der Waals surface area contributed by atoms with Gasteiger partial charge in [0, 0.05) is 0 Å². The van der Waals surface area contributed by atoms with Gasteiger partial charge >= 0.3 is 12.1 Å². The molecule has 31 heavy (non-hydrogen) atoms. The van der Waals surface area contributed by atoms with Crippen molar-refractivity contribution in [1.29, 1.82) is 0 Å². The highest BCUT2D eigenvalue weighted by atomic mass is 19.4. The molecule has 0 aliphatic heterocycles. The number of carbonyl (C=O) groups is 3. The van der Waals surface area contributed by atoms with Crippen molar-refractivity contribution in [1.82, 2.24) is 5.32 Å². The van der Waals surface area contributed by atoms with Gasteiger partial charge in [0.25, 0.3) is 5.91 Å². The van der Waals surface area contributed by atoms with E-state index in [0.717, 1.165) is 24.3 Å². The van der Waals surface area contributed by atoms with E-state index >= 15 is 0 Å². The number of rotatable bonds is 7. The summed E-state index contributed by atoms with van der Waals surface area (Å²) in [5.74, 6) is -7.75. The second-order valence-electron chi connectivity index (χ2n) is 6.08. The summed E-state index contributed by atoms with van der Waals surface area (Å²) < 4.78 is 82.0. The van der Waals surface area contributed by atoms with E-state index in [1.54, 1.807) is 0 Å². The number of alkyl halides is 3. The average Bonchev–Trinajstić information content (AvgIpc) is 2.71. The van der Waals surface area contributed by atoms with Crippen molar-refractivity contribution in [3.63, 3.8) is 0 Å². The van der Waals surface area contributed by atoms with Crippen LogP contribution in [-0.4, -0.2) is 30.9 Å². The molecule has 0 saturated carbocycles. The molecule has 0 spiro atoms. The quantitative estimate of drug-likeness (QED) is 0.388. The minimum atomic E-state index is -4.58. The Balaban J connectivity index is 1.77. The molecule has 0 atom stereocenters. The Morgan fingerprint density at radius 3 is 2.32 bits per heavy atom. The molecule has 0 saturated heterocycles. The molecule has 0 fully saturated rings. The first-order chi connectivity index (χ1) is 14.5. The number of amides is 2. The van der Waals surface area contributed by atoms with Crippen molar-refractivity contribution < 1.29 is 45.5 Å². The molecular weight excluding hydrogens is 434 g/mol. The van der Waals surface area contributed by atoms with E-state index in [2.05, 4.69) is 4.74 Å². The van der Waals surface area contributed by atoms with Gasteiger partial charge in [-0.1, -0.05) is 18.2 Å². The second-order valence-corrected chi connectivity index (χ2v) is 6.08. The van der Waals surface area contributed by atoms with Crippen molar-refractivity contribution in [2.45, 2.75) is 12.6 Å². The predicted octanol–water partition coefficient (Wildman–Crippen LogP) is 2.96. The van der Waals surface area contributed by atoms with Crippen molar-refractivity contribution in [2.75, 3.05) is 18.5 Å². The fourth-order valence-corrected chi connectivity index (χ4v) is 2.27. The van der Waals surface area contributed by atoms with Crippen molar-refractivity contribution in [3.05, 3.63) is 65.0 Å². The molecule has 166 valence electrons. The Morgan fingerprint density at radius 2 is 1.65 bits per heavy atom. The smallest absolute Gasteiger partial charge is 0.416 e. The van der Waals surface area contributed by atoms with Crippen LogP contribution in [0.4, 0.5) is 32.0 Å². The van der Waals surface area contributed by atoms with Gasteiger partial charge in [0.05, 0.1) is 24.2 Å². The van der Waals surface area contributed by atoms with E-state index in [1.807, 2.05) is 10.6 Å². The fraction of sp³-hybridized carbons (Fsp3) is 0.211. The van der Waals surface area contributed by atoms with Crippen molar-refractivity contribution in [2.24, 2.45) is 0 Å². The monoisotopic (exact) mass is 448 g/mol. The SMILES string of the molecule is O=C(COC(=O)Cc1cccc(C(F)(F)F)c1)NCC(=O)Nc1ccc(F)c(F)c1F. The molecule has 12 heteroatoms. The molecule has 2 amide bonds. The van der Waals surface area contributed by atoms with Gasteiger partial charge in [-0.15, -0.1) is 0 Å². The molecule has 0 aliphatic carbocycles. The lowest BCUT2D eigenvalue weighted by Crippen LogP contribution is -2.35. The minimum absolute atomic E-state index is 0.0215. The summed E-state index contributed by atoms with van der Waals surface area (Å²) in [6, 6.07) is 5.37. The highest BCUT2D eigenvalue weighted by molar-refractivity contribution is 5.95. The van der Waals surface area contributed by atoms with E-state index in [1.165, 1.54) is 6.07 Å². The molecule has 2 aromatic carbocycles. The van der Waals surface area contributed by atoms with Crippen molar-refractivity contribution in [3.8, 4) is 0 Å². The number of nitrogens with one attached hydrogen (secondary N) is 2. The Bertz CT molecular complexity index is 994. The van der Waals surface area contributed by atoms with E-state index in [0.29, 0.717) is 6.07 Å². The van der Waals surface area contributed by atoms with E-state index < -0.39 is 72.2 Å². The maximum atomic E-state index is 13.5. The van der Waals surface area contributed by atoms with Gasteiger partial charge in [0.2, 0.25) is 5.91 Å². The summed E-state index contributed by atoms with van der Waals surface area (Å²) in [5.41, 5.74) is -1.57. The molecule has 0 aromatic heterocycles. The van der Waals surface area contributed by atoms with Gasteiger partial charge in [-0.3, -0.25) is 14.4 Å². The lowest BCUT2D eigenvalue weighted by molar-refractivity contribution is -0.148. The van der Waals surface area contributed by atoms with Crippen LogP contribution >= 0.6 is 0 Å². The molecule has 6 nitrogen and oxygen atoms in total. The summed E-state index contributed by atoms with van der Waals surface area (Å²) >= 11 is 0. The first kappa shape index (κ1) is 23.7. The van der Waals surface area contributed by atoms with Crippen LogP contribution in [-0.2, 0) is 31.7 Å². The van der Waals surface area contributed by atoms with Crippen LogP contribution in [0, 0.1) is 17.5 Å². The van der Waals surface area contributed by atoms with Crippen molar-refractivity contribution >= 4 is 23.5 Å². The van der Waals surface area contributed by atoms with Crippen LogP contribution in [0.15, 0.2) is 36.4 Å². The highest BCUT2D eigenvalue weighted by Gasteiger charge is 2.30. The van der Waals surface area contributed by atoms with Crippen LogP contribution in [0.5, 0.6) is 0 Å². The predicted molar refractivity (Wildman–Crippen MR) is 94.1 cm³/mol. The minimum Gasteiger partial charge on any atom is -0.455 e. The fourth-order valence-electron chi connectivity index (χ4n) is 2.27. The van der Waals surface area contributed by atoms with E-state index in [4.69, 9.17) is 0 Å². The van der Waals surface area contributed by atoms with E-state index in [-0.39, 0.29) is 5.56 Å². The Kier molecular flexibility index (Phi) is 7.61. The topological polar surface area (TPSA) is 84.5 Å². The first-order valence-corrected chi connectivity index (χ1v) is 8.49. The maximum Gasteiger partial charge on any atom is 0.416 e. The summed E-state index contributed by atoms with van der Waals surface area (Å²) in [4.78, 5) is 34.9. The average molecular weight is 448 g/mol. The maximum absolute atomic E-state index is 13.5. The molecule has 0 bridgehead atoms. The molecule has 2 N–H and O–H groups in total. The number of esters is 1. The lowest BCUT2D eigenvalue weighted by Gasteiger charge is -2.10. The lowest BCUT2D eigenvalue weighted by atomic mass is 10.1. The molecule has 2 aromatic rings. The number of benzene rings is 2. The van der Waals surface area contributed by atoms with Gasteiger partial charge in [-0.05, 0) is 23.8 Å². The number of halogens is 6. The van der Waals surface area contributed by atoms with Gasteiger partial charge in [-0.25, -0.2) is 13.2 Å². The highest BCUT2D eigenvalue weighted by Crippen LogP contribution is 2.29. The van der Waals surface area contributed by atoms with Gasteiger partial charge < -0.3 is 15.4 Å². The molecular formula is C19H14F6N2O4. The summed E-state index contributed by atoms with van der Waals surface area (Å²) in [6.45, 7) is -1.53. The number of anilines is 1. The second kappa shape index (κ2) is 9.96. The normalized spacial score (nSPS) is 11.0. The summed E-state index contributed by atoms with van der Waals surface area (Å²) in [5, 5.41) is 3.94. The third-order valence-electron chi connectivity index (χ3n) is 3.72. The van der Waals surface area contributed by atoms with Gasteiger partial charge in [-0.2, -0.15) is 13.2 Å². The van der Waals surface area contributed by atoms with Crippen LogP contribution < -0.4 is 10.6 Å². The van der Waals surface area contributed by atoms with Gasteiger partial charge in [0.15, 0.2) is 24.1 Å². The molecule has 0 unspecified atom stereocenters. The van der Waals surface area contributed by atoms with Crippen LogP contribution in [0.2, 0.25) is 0 Å². The third-order valence-corrected chi connectivity index (χ3v) is 3.72. The zero-order valence-corrected chi connectivity index (χ0v) is 15.5. The Morgan fingerprint density at radius 1 is 0.935 bits per heavy atom. The van der Waals surface area contributed by atoms with E-state index in [9.17, 15) is 40.7 Å². The number of hydrogen-bond donors (Lipinski definition) is 2. The summed E-state index contributed by atoms with van der Waals surface area (Å²) in [7, 11) is 0. The summed E-state index contributed by atoms with van der Waals surface area (Å²) in [6.07, 6.45) is -5.10. The third kappa shape index (κ3) is 7.01. The zero-order chi connectivity index (χ0) is 23.2. The number of ether oxygens (including phenoxy) is 1. The molecule has 0 aliphatic rings. The molecule has 0 heterocycles.